The highest BCUT2D eigenvalue weighted by molar-refractivity contribution is 5.78. The van der Waals surface area contributed by atoms with E-state index in [2.05, 4.69) is 5.32 Å². The second-order valence-corrected chi connectivity index (χ2v) is 6.97. The molecule has 3 rings (SSSR count). The van der Waals surface area contributed by atoms with Gasteiger partial charge in [0.15, 0.2) is 0 Å². The Morgan fingerprint density at radius 1 is 1.20 bits per heavy atom. The smallest absolute Gasteiger partial charge is 0.317 e. The number of urea groups is 1. The van der Waals surface area contributed by atoms with E-state index in [-0.39, 0.29) is 11.9 Å². The summed E-state index contributed by atoms with van der Waals surface area (Å²) in [5.41, 5.74) is 1.15. The molecule has 1 aromatic rings. The van der Waals surface area contributed by atoms with Crippen LogP contribution in [0, 0.1) is 11.8 Å². The van der Waals surface area contributed by atoms with Gasteiger partial charge in [-0.3, -0.25) is 4.79 Å². The number of rotatable bonds is 6. The number of carbonyl (C=O) groups excluding carboxylic acids is 2. The first-order valence-electron chi connectivity index (χ1n) is 9.00. The SMILES string of the molecule is COCCCNC(=O)N1C[C@H]2CN(Cc3ccccc3)C(=O)C[C@H]2C1. The minimum Gasteiger partial charge on any atom is -0.385 e. The summed E-state index contributed by atoms with van der Waals surface area (Å²) < 4.78 is 4.99. The summed E-state index contributed by atoms with van der Waals surface area (Å²) in [6, 6.07) is 10.1. The van der Waals surface area contributed by atoms with E-state index in [1.54, 1.807) is 7.11 Å². The maximum atomic E-state index is 12.5. The number of nitrogens with one attached hydrogen (secondary N) is 1. The Labute approximate surface area is 149 Å². The molecule has 6 nitrogen and oxygen atoms in total. The number of benzene rings is 1. The van der Waals surface area contributed by atoms with Gasteiger partial charge in [0.1, 0.15) is 0 Å². The number of ether oxygens (including phenoxy) is 1. The fraction of sp³-hybridized carbons (Fsp3) is 0.579. The van der Waals surface area contributed by atoms with Gasteiger partial charge in [-0.05, 0) is 23.8 Å². The third-order valence-electron chi connectivity index (χ3n) is 5.13. The van der Waals surface area contributed by atoms with E-state index in [1.165, 1.54) is 0 Å². The van der Waals surface area contributed by atoms with Crippen LogP contribution in [0.3, 0.4) is 0 Å². The minimum atomic E-state index is -0.0208. The van der Waals surface area contributed by atoms with Crippen molar-refractivity contribution in [3.05, 3.63) is 35.9 Å². The first-order valence-corrected chi connectivity index (χ1v) is 9.00. The van der Waals surface area contributed by atoms with E-state index in [4.69, 9.17) is 4.74 Å². The molecule has 1 aromatic carbocycles. The lowest BCUT2D eigenvalue weighted by molar-refractivity contribution is -0.136. The molecular formula is C19H27N3O3. The zero-order chi connectivity index (χ0) is 17.6. The Bertz CT molecular complexity index is 593. The van der Waals surface area contributed by atoms with E-state index in [0.717, 1.165) is 25.1 Å². The summed E-state index contributed by atoms with van der Waals surface area (Å²) in [5, 5.41) is 2.94. The summed E-state index contributed by atoms with van der Waals surface area (Å²) in [6.45, 7) is 4.09. The zero-order valence-electron chi connectivity index (χ0n) is 14.8. The summed E-state index contributed by atoms with van der Waals surface area (Å²) in [4.78, 5) is 28.5. The number of fused-ring (bicyclic) bond motifs is 1. The Kier molecular flexibility index (Phi) is 5.91. The van der Waals surface area contributed by atoms with Crippen LogP contribution in [0.1, 0.15) is 18.4 Å². The topological polar surface area (TPSA) is 61.9 Å². The van der Waals surface area contributed by atoms with E-state index in [0.29, 0.717) is 44.5 Å². The number of piperidine rings is 1. The molecule has 2 heterocycles. The van der Waals surface area contributed by atoms with Crippen LogP contribution in [0.25, 0.3) is 0 Å². The van der Waals surface area contributed by atoms with Crippen molar-refractivity contribution in [3.8, 4) is 0 Å². The van der Waals surface area contributed by atoms with E-state index < -0.39 is 0 Å². The van der Waals surface area contributed by atoms with Crippen molar-refractivity contribution >= 4 is 11.9 Å². The van der Waals surface area contributed by atoms with E-state index >= 15 is 0 Å². The second-order valence-electron chi connectivity index (χ2n) is 6.97. The fourth-order valence-corrected chi connectivity index (χ4v) is 3.76. The van der Waals surface area contributed by atoms with Crippen molar-refractivity contribution in [1.82, 2.24) is 15.1 Å². The molecule has 0 aliphatic carbocycles. The third kappa shape index (κ3) is 4.51. The molecule has 2 aliphatic rings. The molecule has 0 saturated carbocycles. The van der Waals surface area contributed by atoms with Crippen LogP contribution < -0.4 is 5.32 Å². The van der Waals surface area contributed by atoms with Gasteiger partial charge in [0.2, 0.25) is 5.91 Å². The van der Waals surface area contributed by atoms with Crippen LogP contribution in [0.5, 0.6) is 0 Å². The average molecular weight is 345 g/mol. The quantitative estimate of drug-likeness (QED) is 0.799. The molecule has 25 heavy (non-hydrogen) atoms. The van der Waals surface area contributed by atoms with Crippen LogP contribution in [-0.4, -0.2) is 61.6 Å². The number of hydrogen-bond donors (Lipinski definition) is 1. The van der Waals surface area contributed by atoms with Crippen molar-refractivity contribution in [3.63, 3.8) is 0 Å². The van der Waals surface area contributed by atoms with Crippen LogP contribution in [0.15, 0.2) is 30.3 Å². The number of nitrogens with zero attached hydrogens (tertiary/aromatic N) is 2. The molecule has 1 N–H and O–H groups in total. The summed E-state index contributed by atoms with van der Waals surface area (Å²) in [6.07, 6.45) is 1.36. The summed E-state index contributed by atoms with van der Waals surface area (Å²) in [7, 11) is 1.66. The number of amides is 3. The van der Waals surface area contributed by atoms with Crippen molar-refractivity contribution in [1.29, 1.82) is 0 Å². The molecule has 2 fully saturated rings. The summed E-state index contributed by atoms with van der Waals surface area (Å²) in [5.74, 6) is 0.878. The molecule has 0 bridgehead atoms. The predicted octanol–water partition coefficient (Wildman–Crippen LogP) is 1.71. The van der Waals surface area contributed by atoms with Crippen LogP contribution in [0.2, 0.25) is 0 Å². The molecule has 0 unspecified atom stereocenters. The third-order valence-corrected chi connectivity index (χ3v) is 5.13. The van der Waals surface area contributed by atoms with Gasteiger partial charge < -0.3 is 19.9 Å². The van der Waals surface area contributed by atoms with Crippen molar-refractivity contribution in [2.45, 2.75) is 19.4 Å². The number of hydrogen-bond acceptors (Lipinski definition) is 3. The Morgan fingerprint density at radius 3 is 2.72 bits per heavy atom. The summed E-state index contributed by atoms with van der Waals surface area (Å²) >= 11 is 0. The zero-order valence-corrected chi connectivity index (χ0v) is 14.8. The molecule has 0 aromatic heterocycles. The number of carbonyl (C=O) groups is 2. The van der Waals surface area contributed by atoms with Gasteiger partial charge in [0, 0.05) is 52.9 Å². The van der Waals surface area contributed by atoms with Gasteiger partial charge in [-0.2, -0.15) is 0 Å². The number of methoxy groups -OCH3 is 1. The second kappa shape index (κ2) is 8.34. The molecule has 136 valence electrons. The van der Waals surface area contributed by atoms with Crippen molar-refractivity contribution < 1.29 is 14.3 Å². The fourth-order valence-electron chi connectivity index (χ4n) is 3.76. The lowest BCUT2D eigenvalue weighted by Crippen LogP contribution is -2.43. The highest BCUT2D eigenvalue weighted by atomic mass is 16.5. The van der Waals surface area contributed by atoms with Gasteiger partial charge in [-0.15, -0.1) is 0 Å². The van der Waals surface area contributed by atoms with Crippen LogP contribution in [0.4, 0.5) is 4.79 Å². The van der Waals surface area contributed by atoms with Crippen molar-refractivity contribution in [2.75, 3.05) is 39.9 Å². The van der Waals surface area contributed by atoms with Gasteiger partial charge in [-0.25, -0.2) is 4.79 Å². The van der Waals surface area contributed by atoms with Gasteiger partial charge >= 0.3 is 6.03 Å². The van der Waals surface area contributed by atoms with Crippen LogP contribution >= 0.6 is 0 Å². The lowest BCUT2D eigenvalue weighted by Gasteiger charge is -2.34. The highest BCUT2D eigenvalue weighted by Crippen LogP contribution is 2.32. The lowest BCUT2D eigenvalue weighted by atomic mass is 9.88. The molecule has 0 spiro atoms. The molecule has 2 saturated heterocycles. The normalized spacial score (nSPS) is 22.8. The highest BCUT2D eigenvalue weighted by Gasteiger charge is 2.41. The first kappa shape index (κ1) is 17.7. The number of likely N-dealkylation sites (tertiary alicyclic amines) is 2. The Hall–Kier alpha value is -2.08. The minimum absolute atomic E-state index is 0.0208. The molecule has 6 heteroatoms. The van der Waals surface area contributed by atoms with E-state index in [9.17, 15) is 9.59 Å². The maximum absolute atomic E-state index is 12.5. The van der Waals surface area contributed by atoms with Crippen LogP contribution in [-0.2, 0) is 16.1 Å². The Morgan fingerprint density at radius 2 is 1.96 bits per heavy atom. The predicted molar refractivity (Wildman–Crippen MR) is 94.9 cm³/mol. The van der Waals surface area contributed by atoms with E-state index in [1.807, 2.05) is 40.1 Å². The maximum Gasteiger partial charge on any atom is 0.317 e. The van der Waals surface area contributed by atoms with Gasteiger partial charge in [-0.1, -0.05) is 30.3 Å². The first-order chi connectivity index (χ1) is 12.2. The monoisotopic (exact) mass is 345 g/mol. The largest absolute Gasteiger partial charge is 0.385 e. The standard InChI is InChI=1S/C19H27N3O3/c1-25-9-5-8-20-19(24)22-12-16-10-18(23)21(13-17(16)14-22)11-15-6-3-2-4-7-15/h2-4,6-7,16-17H,5,8-14H2,1H3,(H,20,24)/t16-,17+/m0/s1. The molecule has 0 radical (unpaired) electrons. The molecule has 2 atom stereocenters. The molecule has 3 amide bonds. The van der Waals surface area contributed by atoms with Gasteiger partial charge in [0.25, 0.3) is 0 Å². The average Bonchev–Trinajstić information content (AvgIpc) is 3.02. The van der Waals surface area contributed by atoms with Gasteiger partial charge in [0.05, 0.1) is 0 Å². The van der Waals surface area contributed by atoms with Crippen molar-refractivity contribution in [2.24, 2.45) is 11.8 Å². The molecule has 2 aliphatic heterocycles. The Balaban J connectivity index is 1.51. The molecular weight excluding hydrogens is 318 g/mol.